The van der Waals surface area contributed by atoms with Crippen molar-refractivity contribution < 1.29 is 23.7 Å². The topological polar surface area (TPSA) is 103 Å². The maximum Gasteiger partial charge on any atom is 0.258 e. The Kier molecular flexibility index (Phi) is 6.93. The number of likely N-dealkylation sites (N-methyl/N-ethyl adjacent to an activating group) is 1. The normalized spacial score (nSPS) is 12.7. The van der Waals surface area contributed by atoms with Crippen LogP contribution in [0, 0.1) is 0 Å². The predicted octanol–water partition coefficient (Wildman–Crippen LogP) is 3.43. The van der Waals surface area contributed by atoms with Gasteiger partial charge < -0.3 is 28.8 Å². The van der Waals surface area contributed by atoms with E-state index >= 15 is 0 Å². The number of amides is 1. The van der Waals surface area contributed by atoms with Crippen LogP contribution in [0.2, 0.25) is 5.02 Å². The molecule has 0 saturated carbocycles. The van der Waals surface area contributed by atoms with Crippen molar-refractivity contribution in [2.24, 2.45) is 0 Å². The number of nitrogens with zero attached hydrogens (tertiary/aromatic N) is 2. The summed E-state index contributed by atoms with van der Waals surface area (Å²) in [7, 11) is 3.01. The molecule has 9 nitrogen and oxygen atoms in total. The van der Waals surface area contributed by atoms with Crippen molar-refractivity contribution >= 4 is 34.5 Å². The Morgan fingerprint density at radius 2 is 1.91 bits per heavy atom. The molecule has 4 rings (SSSR count). The van der Waals surface area contributed by atoms with E-state index in [1.165, 1.54) is 20.3 Å². The Bertz CT molecular complexity index is 1320. The molecule has 1 aliphatic rings. The van der Waals surface area contributed by atoms with Gasteiger partial charge in [0.15, 0.2) is 23.0 Å². The van der Waals surface area contributed by atoms with Crippen molar-refractivity contribution in [1.82, 2.24) is 14.9 Å². The molecule has 1 aromatic heterocycles. The lowest BCUT2D eigenvalue weighted by Crippen LogP contribution is -2.30. The number of aromatic amines is 1. The summed E-state index contributed by atoms with van der Waals surface area (Å²) in [5, 5.41) is 0.785. The van der Waals surface area contributed by atoms with Gasteiger partial charge in [-0.3, -0.25) is 9.59 Å². The molecule has 1 aliphatic heterocycles. The number of aromatic nitrogens is 2. The fourth-order valence-electron chi connectivity index (χ4n) is 3.62. The average Bonchev–Trinajstić information content (AvgIpc) is 2.85. The zero-order valence-electron chi connectivity index (χ0n) is 19.0. The van der Waals surface area contributed by atoms with Gasteiger partial charge in [-0.05, 0) is 36.8 Å². The van der Waals surface area contributed by atoms with Gasteiger partial charge in [0.1, 0.15) is 19.0 Å². The molecule has 3 aromatic rings. The Morgan fingerprint density at radius 1 is 1.18 bits per heavy atom. The molecule has 1 N–H and O–H groups in total. The van der Waals surface area contributed by atoms with Gasteiger partial charge in [0.2, 0.25) is 5.91 Å². The Morgan fingerprint density at radius 3 is 2.65 bits per heavy atom. The number of nitrogens with one attached hydrogen (secondary N) is 1. The maximum atomic E-state index is 12.9. The first-order valence-electron chi connectivity index (χ1n) is 10.6. The first-order valence-corrected chi connectivity index (χ1v) is 11.0. The largest absolute Gasteiger partial charge is 0.493 e. The van der Waals surface area contributed by atoms with E-state index in [-0.39, 0.29) is 18.0 Å². The summed E-state index contributed by atoms with van der Waals surface area (Å²) >= 11 is 6.27. The third kappa shape index (κ3) is 4.79. The van der Waals surface area contributed by atoms with Gasteiger partial charge in [0.25, 0.3) is 5.56 Å². The third-order valence-corrected chi connectivity index (χ3v) is 5.61. The van der Waals surface area contributed by atoms with E-state index in [0.717, 1.165) is 0 Å². The number of hydrogen-bond donors (Lipinski definition) is 1. The van der Waals surface area contributed by atoms with Gasteiger partial charge in [0.05, 0.1) is 36.7 Å². The van der Waals surface area contributed by atoms with Gasteiger partial charge in [-0.15, -0.1) is 0 Å². The van der Waals surface area contributed by atoms with E-state index in [0.29, 0.717) is 70.1 Å². The second-order valence-corrected chi connectivity index (χ2v) is 7.86. The molecule has 0 saturated heterocycles. The number of benzene rings is 2. The van der Waals surface area contributed by atoms with Crippen LogP contribution < -0.4 is 24.5 Å². The molecule has 0 atom stereocenters. The number of carbonyl (C=O) groups is 1. The zero-order valence-corrected chi connectivity index (χ0v) is 19.8. The molecular formula is C24H24ClN3O6. The van der Waals surface area contributed by atoms with Crippen LogP contribution in [0.3, 0.4) is 0 Å². The van der Waals surface area contributed by atoms with E-state index < -0.39 is 0 Å². The van der Waals surface area contributed by atoms with Crippen LogP contribution in [0.25, 0.3) is 17.0 Å². The number of ether oxygens (including phenoxy) is 4. The number of fused-ring (bicyclic) bond motifs is 2. The monoisotopic (exact) mass is 485 g/mol. The van der Waals surface area contributed by atoms with Gasteiger partial charge in [0, 0.05) is 18.7 Å². The van der Waals surface area contributed by atoms with Crippen molar-refractivity contribution in [1.29, 1.82) is 0 Å². The van der Waals surface area contributed by atoms with Crippen LogP contribution in [0.5, 0.6) is 23.0 Å². The SMILES string of the molecule is CCN(Cc1nc2cc(OC)c(OC)cc2c(=O)[nH]1)C(=O)/C=C/c1cc(Cl)c2c(c1)OCCO2. The van der Waals surface area contributed by atoms with E-state index in [4.69, 9.17) is 30.5 Å². The summed E-state index contributed by atoms with van der Waals surface area (Å²) in [5.74, 6) is 2.06. The summed E-state index contributed by atoms with van der Waals surface area (Å²) < 4.78 is 21.7. The van der Waals surface area contributed by atoms with E-state index in [2.05, 4.69) is 9.97 Å². The molecule has 34 heavy (non-hydrogen) atoms. The molecule has 0 spiro atoms. The Hall–Kier alpha value is -3.72. The minimum absolute atomic E-state index is 0.126. The highest BCUT2D eigenvalue weighted by Gasteiger charge is 2.17. The van der Waals surface area contributed by atoms with E-state index in [9.17, 15) is 9.59 Å². The molecule has 0 aliphatic carbocycles. The predicted molar refractivity (Wildman–Crippen MR) is 128 cm³/mol. The maximum absolute atomic E-state index is 12.9. The highest BCUT2D eigenvalue weighted by atomic mass is 35.5. The smallest absolute Gasteiger partial charge is 0.258 e. The standard InChI is InChI=1S/C24H24ClN3O6/c1-4-28(22(29)6-5-14-9-16(25)23-20(10-14)33-7-8-34-23)13-21-26-17-12-19(32-3)18(31-2)11-15(17)24(30)27-21/h5-6,9-12H,4,7-8,13H2,1-3H3,(H,26,27,30)/b6-5+. The molecule has 1 amide bonds. The fourth-order valence-corrected chi connectivity index (χ4v) is 3.89. The van der Waals surface area contributed by atoms with Crippen molar-refractivity contribution in [2.45, 2.75) is 13.5 Å². The second kappa shape index (κ2) is 10.0. The summed E-state index contributed by atoms with van der Waals surface area (Å²) in [6.45, 7) is 3.27. The molecule has 2 aromatic carbocycles. The summed E-state index contributed by atoms with van der Waals surface area (Å²) in [5.41, 5.74) is 0.823. The lowest BCUT2D eigenvalue weighted by atomic mass is 10.1. The lowest BCUT2D eigenvalue weighted by molar-refractivity contribution is -0.126. The van der Waals surface area contributed by atoms with E-state index in [1.807, 2.05) is 6.92 Å². The Balaban J connectivity index is 1.55. The molecular weight excluding hydrogens is 462 g/mol. The van der Waals surface area contributed by atoms with Crippen LogP contribution in [0.15, 0.2) is 35.1 Å². The summed E-state index contributed by atoms with van der Waals surface area (Å²) in [6.07, 6.45) is 3.10. The number of hydrogen-bond acceptors (Lipinski definition) is 7. The lowest BCUT2D eigenvalue weighted by Gasteiger charge is -2.20. The van der Waals surface area contributed by atoms with Crippen molar-refractivity contribution in [3.63, 3.8) is 0 Å². The van der Waals surface area contributed by atoms with Crippen LogP contribution in [0.1, 0.15) is 18.3 Å². The average molecular weight is 486 g/mol. The number of halogens is 1. The number of H-pyrrole nitrogens is 1. The minimum Gasteiger partial charge on any atom is -0.493 e. The molecule has 0 bridgehead atoms. The van der Waals surface area contributed by atoms with Gasteiger partial charge >= 0.3 is 0 Å². The summed E-state index contributed by atoms with van der Waals surface area (Å²) in [4.78, 5) is 34.3. The first kappa shape index (κ1) is 23.4. The van der Waals surface area contributed by atoms with Gasteiger partial charge in [-0.2, -0.15) is 0 Å². The summed E-state index contributed by atoms with van der Waals surface area (Å²) in [6, 6.07) is 6.69. The van der Waals surface area contributed by atoms with Crippen LogP contribution in [0.4, 0.5) is 0 Å². The number of rotatable bonds is 7. The molecule has 0 unspecified atom stereocenters. The minimum atomic E-state index is -0.328. The highest BCUT2D eigenvalue weighted by Crippen LogP contribution is 2.38. The van der Waals surface area contributed by atoms with E-state index in [1.54, 1.807) is 35.2 Å². The first-order chi connectivity index (χ1) is 16.4. The fraction of sp³-hybridized carbons (Fsp3) is 0.292. The van der Waals surface area contributed by atoms with Crippen LogP contribution in [-0.2, 0) is 11.3 Å². The molecule has 0 fully saturated rings. The van der Waals surface area contributed by atoms with Crippen LogP contribution >= 0.6 is 11.6 Å². The third-order valence-electron chi connectivity index (χ3n) is 5.33. The number of carbonyl (C=O) groups excluding carboxylic acids is 1. The van der Waals surface area contributed by atoms with Crippen LogP contribution in [-0.4, -0.2) is 54.8 Å². The molecule has 178 valence electrons. The van der Waals surface area contributed by atoms with Gasteiger partial charge in [-0.25, -0.2) is 4.98 Å². The molecule has 0 radical (unpaired) electrons. The quantitative estimate of drug-likeness (QED) is 0.511. The number of methoxy groups -OCH3 is 2. The highest BCUT2D eigenvalue weighted by molar-refractivity contribution is 6.32. The Labute approximate surface area is 200 Å². The van der Waals surface area contributed by atoms with Crippen molar-refractivity contribution in [2.75, 3.05) is 34.0 Å². The zero-order chi connectivity index (χ0) is 24.2. The molecule has 10 heteroatoms. The van der Waals surface area contributed by atoms with Crippen molar-refractivity contribution in [3.8, 4) is 23.0 Å². The van der Waals surface area contributed by atoms with Gasteiger partial charge in [-0.1, -0.05) is 11.6 Å². The van der Waals surface area contributed by atoms with Crippen molar-refractivity contribution in [3.05, 3.63) is 57.1 Å². The second-order valence-electron chi connectivity index (χ2n) is 7.45. The molecule has 2 heterocycles.